The minimum Gasteiger partial charge on any atom is -0.339 e. The van der Waals surface area contributed by atoms with E-state index in [9.17, 15) is 23.2 Å². The molecule has 1 N–H and O–H groups in total. The highest BCUT2D eigenvalue weighted by Crippen LogP contribution is 2.42. The van der Waals surface area contributed by atoms with Gasteiger partial charge in [-0.15, -0.1) is 0 Å². The number of benzene rings is 2. The lowest BCUT2D eigenvalue weighted by atomic mass is 9.96. The molecule has 0 bridgehead atoms. The zero-order valence-corrected chi connectivity index (χ0v) is 19.5. The predicted molar refractivity (Wildman–Crippen MR) is 124 cm³/mol. The summed E-state index contributed by atoms with van der Waals surface area (Å²) < 4.78 is 27.1. The molecule has 1 unspecified atom stereocenters. The van der Waals surface area contributed by atoms with Crippen molar-refractivity contribution < 1.29 is 23.2 Å². The number of carbonyl (C=O) groups excluding carboxylic acids is 3. The van der Waals surface area contributed by atoms with E-state index in [1.165, 1.54) is 24.3 Å². The SMILES string of the molecule is CC1(C2CC2)NC(=O)N(CC(=O)N2CCN(C(c3ccc(F)cc3)c3ccc(F)cc3)CC2)C1=O. The molecule has 1 aliphatic carbocycles. The molecular weight excluding hydrogens is 454 g/mol. The zero-order chi connectivity index (χ0) is 24.7. The Morgan fingerprint density at radius 1 is 0.943 bits per heavy atom. The third-order valence-corrected chi connectivity index (χ3v) is 7.39. The standard InChI is InChI=1S/C26H28F2N4O3/c1-26(19-6-7-19)24(34)32(25(35)29-26)16-22(33)30-12-14-31(15-13-30)23(17-2-8-20(27)9-3-17)18-4-10-21(28)11-5-18/h2-5,8-11,19,23H,6-7,12-16H2,1H3,(H,29,35). The Morgan fingerprint density at radius 2 is 1.46 bits per heavy atom. The fourth-order valence-electron chi connectivity index (χ4n) is 5.17. The van der Waals surface area contributed by atoms with Crippen LogP contribution in [0.5, 0.6) is 0 Å². The van der Waals surface area contributed by atoms with E-state index in [0.717, 1.165) is 28.9 Å². The van der Waals surface area contributed by atoms with Gasteiger partial charge in [-0.2, -0.15) is 0 Å². The molecule has 2 saturated heterocycles. The van der Waals surface area contributed by atoms with Gasteiger partial charge in [0.25, 0.3) is 5.91 Å². The van der Waals surface area contributed by atoms with E-state index in [-0.39, 0.29) is 42.0 Å². The second kappa shape index (κ2) is 9.03. The molecule has 2 aliphatic heterocycles. The molecule has 1 saturated carbocycles. The zero-order valence-electron chi connectivity index (χ0n) is 19.5. The summed E-state index contributed by atoms with van der Waals surface area (Å²) in [4.78, 5) is 43.1. The van der Waals surface area contributed by atoms with Crippen molar-refractivity contribution in [1.82, 2.24) is 20.0 Å². The van der Waals surface area contributed by atoms with Crippen LogP contribution in [0, 0.1) is 17.6 Å². The topological polar surface area (TPSA) is 73.0 Å². The molecule has 1 atom stereocenters. The molecule has 0 spiro atoms. The van der Waals surface area contributed by atoms with Crippen molar-refractivity contribution >= 4 is 17.8 Å². The van der Waals surface area contributed by atoms with Gasteiger partial charge < -0.3 is 10.2 Å². The average molecular weight is 483 g/mol. The molecule has 5 rings (SSSR count). The largest absolute Gasteiger partial charge is 0.339 e. The highest BCUT2D eigenvalue weighted by molar-refractivity contribution is 6.09. The Bertz CT molecular complexity index is 1080. The predicted octanol–water partition coefficient (Wildman–Crippen LogP) is 2.92. The van der Waals surface area contributed by atoms with Crippen molar-refractivity contribution in [3.63, 3.8) is 0 Å². The second-order valence-electron chi connectivity index (χ2n) is 9.72. The van der Waals surface area contributed by atoms with E-state index >= 15 is 0 Å². The van der Waals surface area contributed by atoms with Crippen LogP contribution >= 0.6 is 0 Å². The molecule has 0 radical (unpaired) electrons. The highest BCUT2D eigenvalue weighted by Gasteiger charge is 2.56. The van der Waals surface area contributed by atoms with Gasteiger partial charge in [-0.3, -0.25) is 19.4 Å². The Hall–Kier alpha value is -3.33. The first kappa shape index (κ1) is 23.4. The van der Waals surface area contributed by atoms with E-state index in [0.29, 0.717) is 26.2 Å². The first-order valence-electron chi connectivity index (χ1n) is 11.9. The summed E-state index contributed by atoms with van der Waals surface area (Å²) in [6, 6.07) is 11.7. The number of rotatable bonds is 6. The van der Waals surface area contributed by atoms with Gasteiger partial charge >= 0.3 is 6.03 Å². The Balaban J connectivity index is 1.26. The summed E-state index contributed by atoms with van der Waals surface area (Å²) in [6.07, 6.45) is 1.80. The third kappa shape index (κ3) is 4.52. The molecule has 2 heterocycles. The lowest BCUT2D eigenvalue weighted by Crippen LogP contribution is -2.53. The normalized spacial score (nSPS) is 23.2. The Kier molecular flexibility index (Phi) is 6.04. The lowest BCUT2D eigenvalue weighted by Gasteiger charge is -2.40. The number of imide groups is 1. The van der Waals surface area contributed by atoms with Crippen LogP contribution < -0.4 is 5.32 Å². The van der Waals surface area contributed by atoms with E-state index in [2.05, 4.69) is 10.2 Å². The molecule has 7 nitrogen and oxygen atoms in total. The molecule has 9 heteroatoms. The van der Waals surface area contributed by atoms with Crippen molar-refractivity contribution in [3.05, 3.63) is 71.3 Å². The van der Waals surface area contributed by atoms with Crippen LogP contribution in [0.15, 0.2) is 48.5 Å². The first-order valence-corrected chi connectivity index (χ1v) is 11.9. The van der Waals surface area contributed by atoms with Crippen LogP contribution in [0.2, 0.25) is 0 Å². The quantitative estimate of drug-likeness (QED) is 0.643. The van der Waals surface area contributed by atoms with Crippen molar-refractivity contribution in [1.29, 1.82) is 0 Å². The second-order valence-corrected chi connectivity index (χ2v) is 9.72. The maximum Gasteiger partial charge on any atom is 0.325 e. The lowest BCUT2D eigenvalue weighted by molar-refractivity contribution is -0.140. The van der Waals surface area contributed by atoms with Gasteiger partial charge in [0, 0.05) is 26.2 Å². The third-order valence-electron chi connectivity index (χ3n) is 7.39. The average Bonchev–Trinajstić information content (AvgIpc) is 3.68. The summed E-state index contributed by atoms with van der Waals surface area (Å²) in [5, 5.41) is 2.77. The Morgan fingerprint density at radius 3 is 1.94 bits per heavy atom. The summed E-state index contributed by atoms with van der Waals surface area (Å²) in [5.74, 6) is -1.13. The summed E-state index contributed by atoms with van der Waals surface area (Å²) >= 11 is 0. The monoisotopic (exact) mass is 482 g/mol. The van der Waals surface area contributed by atoms with E-state index in [1.54, 1.807) is 36.1 Å². The van der Waals surface area contributed by atoms with Crippen LogP contribution in [0.25, 0.3) is 0 Å². The molecule has 0 aromatic heterocycles. The molecule has 2 aromatic carbocycles. The van der Waals surface area contributed by atoms with Crippen molar-refractivity contribution in [2.45, 2.75) is 31.3 Å². The van der Waals surface area contributed by atoms with Crippen LogP contribution in [0.1, 0.15) is 36.9 Å². The molecule has 4 amide bonds. The molecule has 184 valence electrons. The molecule has 3 aliphatic rings. The van der Waals surface area contributed by atoms with Gasteiger partial charge in [0.15, 0.2) is 0 Å². The number of hydrogen-bond acceptors (Lipinski definition) is 4. The number of amides is 4. The van der Waals surface area contributed by atoms with Crippen molar-refractivity contribution in [2.24, 2.45) is 5.92 Å². The summed E-state index contributed by atoms with van der Waals surface area (Å²) in [5.41, 5.74) is 0.834. The molecular formula is C26H28F2N4O3. The molecule has 3 fully saturated rings. The van der Waals surface area contributed by atoms with Crippen LogP contribution in [0.3, 0.4) is 0 Å². The van der Waals surface area contributed by atoms with Crippen LogP contribution in [0.4, 0.5) is 13.6 Å². The van der Waals surface area contributed by atoms with E-state index in [4.69, 9.17) is 0 Å². The maximum atomic E-state index is 13.5. The number of halogens is 2. The number of piperazine rings is 1. The summed E-state index contributed by atoms with van der Waals surface area (Å²) in [7, 11) is 0. The van der Waals surface area contributed by atoms with Crippen LogP contribution in [-0.4, -0.2) is 70.8 Å². The van der Waals surface area contributed by atoms with Crippen molar-refractivity contribution in [3.8, 4) is 0 Å². The van der Waals surface area contributed by atoms with E-state index in [1.807, 2.05) is 0 Å². The van der Waals surface area contributed by atoms with Gasteiger partial charge in [0.05, 0.1) is 6.04 Å². The van der Waals surface area contributed by atoms with Gasteiger partial charge in [0.1, 0.15) is 23.7 Å². The smallest absolute Gasteiger partial charge is 0.325 e. The van der Waals surface area contributed by atoms with Crippen molar-refractivity contribution in [2.75, 3.05) is 32.7 Å². The number of nitrogens with one attached hydrogen (secondary N) is 1. The maximum absolute atomic E-state index is 13.5. The van der Waals surface area contributed by atoms with Gasteiger partial charge in [-0.1, -0.05) is 24.3 Å². The highest BCUT2D eigenvalue weighted by atomic mass is 19.1. The Labute approximate surface area is 202 Å². The number of urea groups is 1. The molecule has 2 aromatic rings. The minimum absolute atomic E-state index is 0.137. The van der Waals surface area contributed by atoms with Gasteiger partial charge in [0.2, 0.25) is 5.91 Å². The minimum atomic E-state index is -0.909. The van der Waals surface area contributed by atoms with Gasteiger partial charge in [-0.25, -0.2) is 13.6 Å². The first-order chi connectivity index (χ1) is 16.8. The number of carbonyl (C=O) groups is 3. The van der Waals surface area contributed by atoms with Gasteiger partial charge in [-0.05, 0) is 61.1 Å². The van der Waals surface area contributed by atoms with E-state index < -0.39 is 11.6 Å². The van der Waals surface area contributed by atoms with Crippen LogP contribution in [-0.2, 0) is 9.59 Å². The number of hydrogen-bond donors (Lipinski definition) is 1. The molecule has 35 heavy (non-hydrogen) atoms. The number of nitrogens with zero attached hydrogens (tertiary/aromatic N) is 3. The fraction of sp³-hybridized carbons (Fsp3) is 0.423. The fourth-order valence-corrected chi connectivity index (χ4v) is 5.17. The summed E-state index contributed by atoms with van der Waals surface area (Å²) in [6.45, 7) is 3.37.